The molecule has 118 valence electrons. The summed E-state index contributed by atoms with van der Waals surface area (Å²) in [4.78, 5) is 0. The third-order valence-corrected chi connectivity index (χ3v) is 5.13. The van der Waals surface area contributed by atoms with Gasteiger partial charge in [0.05, 0.1) is 12.6 Å². The van der Waals surface area contributed by atoms with Crippen molar-refractivity contribution in [1.82, 2.24) is 0 Å². The van der Waals surface area contributed by atoms with Crippen molar-refractivity contribution in [2.75, 3.05) is 11.9 Å². The number of hydrogen-bond acceptors (Lipinski definition) is 2. The molecule has 2 aliphatic rings. The van der Waals surface area contributed by atoms with Gasteiger partial charge in [0.15, 0.2) is 0 Å². The van der Waals surface area contributed by atoms with Crippen molar-refractivity contribution in [3.05, 3.63) is 70.8 Å². The molecule has 4 rings (SSSR count). The van der Waals surface area contributed by atoms with E-state index in [1.807, 2.05) is 25.1 Å². The van der Waals surface area contributed by atoms with Crippen LogP contribution in [0.25, 0.3) is 0 Å². The number of nitrogens with one attached hydrogen (secondary N) is 1. The Morgan fingerprint density at radius 3 is 2.78 bits per heavy atom. The topological polar surface area (TPSA) is 21.3 Å². The number of ether oxygens (including phenoxy) is 1. The van der Waals surface area contributed by atoms with Gasteiger partial charge in [-0.15, -0.1) is 0 Å². The van der Waals surface area contributed by atoms with E-state index in [2.05, 4.69) is 41.7 Å². The summed E-state index contributed by atoms with van der Waals surface area (Å²) >= 11 is 6.04. The fourth-order valence-electron chi connectivity index (χ4n) is 3.83. The van der Waals surface area contributed by atoms with E-state index in [1.54, 1.807) is 0 Å². The molecule has 0 saturated carbocycles. The monoisotopic (exact) mass is 325 g/mol. The summed E-state index contributed by atoms with van der Waals surface area (Å²) in [6.45, 7) is 2.72. The molecule has 0 amide bonds. The number of allylic oxidation sites excluding steroid dienone is 2. The summed E-state index contributed by atoms with van der Waals surface area (Å²) < 4.78 is 5.68. The van der Waals surface area contributed by atoms with E-state index < -0.39 is 0 Å². The van der Waals surface area contributed by atoms with E-state index in [-0.39, 0.29) is 0 Å². The molecule has 0 radical (unpaired) electrons. The fraction of sp³-hybridized carbons (Fsp3) is 0.300. The standard InChI is InChI=1S/C20H20ClNO/c1-2-23-15-10-11-19-18(12-15)16-4-3-5-17(16)20(22-19)13-6-8-14(21)9-7-13/h3-4,6-12,16-17,20,22H,2,5H2,1H3/t16-,17+,20-/m0/s1. The number of anilines is 1. The van der Waals surface area contributed by atoms with Gasteiger partial charge < -0.3 is 10.1 Å². The van der Waals surface area contributed by atoms with E-state index in [4.69, 9.17) is 16.3 Å². The maximum atomic E-state index is 6.04. The van der Waals surface area contributed by atoms with Crippen molar-refractivity contribution in [3.8, 4) is 5.75 Å². The Morgan fingerprint density at radius 2 is 2.00 bits per heavy atom. The van der Waals surface area contributed by atoms with Crippen LogP contribution in [-0.4, -0.2) is 6.61 Å². The molecule has 0 bridgehead atoms. The van der Waals surface area contributed by atoms with Crippen LogP contribution in [0.4, 0.5) is 5.69 Å². The molecule has 2 aromatic rings. The second kappa shape index (κ2) is 5.93. The zero-order valence-electron chi connectivity index (χ0n) is 13.1. The maximum absolute atomic E-state index is 6.04. The van der Waals surface area contributed by atoms with Gasteiger partial charge in [-0.05, 0) is 60.7 Å². The van der Waals surface area contributed by atoms with Gasteiger partial charge in [-0.3, -0.25) is 0 Å². The Morgan fingerprint density at radius 1 is 1.17 bits per heavy atom. The molecule has 0 spiro atoms. The lowest BCUT2D eigenvalue weighted by Gasteiger charge is -2.37. The van der Waals surface area contributed by atoms with Crippen LogP contribution < -0.4 is 10.1 Å². The predicted octanol–water partition coefficient (Wildman–Crippen LogP) is 5.57. The summed E-state index contributed by atoms with van der Waals surface area (Å²) in [5.41, 5.74) is 3.86. The number of rotatable bonds is 3. The summed E-state index contributed by atoms with van der Waals surface area (Å²) in [6, 6.07) is 14.9. The Labute approximate surface area is 142 Å². The van der Waals surface area contributed by atoms with E-state index >= 15 is 0 Å². The van der Waals surface area contributed by atoms with Gasteiger partial charge in [-0.25, -0.2) is 0 Å². The van der Waals surface area contributed by atoms with Crippen LogP contribution in [-0.2, 0) is 0 Å². The van der Waals surface area contributed by atoms with Crippen molar-refractivity contribution < 1.29 is 4.74 Å². The molecule has 1 N–H and O–H groups in total. The number of halogens is 1. The number of hydrogen-bond donors (Lipinski definition) is 1. The highest BCUT2D eigenvalue weighted by molar-refractivity contribution is 6.30. The zero-order chi connectivity index (χ0) is 15.8. The minimum absolute atomic E-state index is 0.317. The number of fused-ring (bicyclic) bond motifs is 3. The van der Waals surface area contributed by atoms with Crippen LogP contribution in [0.1, 0.15) is 36.4 Å². The molecule has 23 heavy (non-hydrogen) atoms. The molecule has 2 nitrogen and oxygen atoms in total. The quantitative estimate of drug-likeness (QED) is 0.745. The normalized spacial score (nSPS) is 24.7. The first-order chi connectivity index (χ1) is 11.3. The molecular weight excluding hydrogens is 306 g/mol. The molecule has 3 atom stereocenters. The molecule has 1 aliphatic heterocycles. The maximum Gasteiger partial charge on any atom is 0.119 e. The Kier molecular flexibility index (Phi) is 3.78. The third-order valence-electron chi connectivity index (χ3n) is 4.87. The van der Waals surface area contributed by atoms with E-state index in [0.29, 0.717) is 24.5 Å². The molecule has 0 saturated heterocycles. The average molecular weight is 326 g/mol. The minimum atomic E-state index is 0.317. The Balaban J connectivity index is 1.72. The largest absolute Gasteiger partial charge is 0.494 e. The second-order valence-electron chi connectivity index (χ2n) is 6.21. The lowest BCUT2D eigenvalue weighted by molar-refractivity contribution is 0.338. The predicted molar refractivity (Wildman–Crippen MR) is 95.4 cm³/mol. The number of benzene rings is 2. The van der Waals surface area contributed by atoms with E-state index in [0.717, 1.165) is 17.2 Å². The first-order valence-corrected chi connectivity index (χ1v) is 8.59. The highest BCUT2D eigenvalue weighted by Gasteiger charge is 2.37. The van der Waals surface area contributed by atoms with Gasteiger partial charge in [-0.2, -0.15) is 0 Å². The van der Waals surface area contributed by atoms with Crippen LogP contribution in [0.15, 0.2) is 54.6 Å². The van der Waals surface area contributed by atoms with Crippen LogP contribution in [0, 0.1) is 5.92 Å². The summed E-state index contributed by atoms with van der Waals surface area (Å²) in [7, 11) is 0. The highest BCUT2D eigenvalue weighted by Crippen LogP contribution is 2.50. The molecular formula is C20H20ClNO. The fourth-order valence-corrected chi connectivity index (χ4v) is 3.96. The zero-order valence-corrected chi connectivity index (χ0v) is 13.9. The third kappa shape index (κ3) is 2.61. The highest BCUT2D eigenvalue weighted by atomic mass is 35.5. The first-order valence-electron chi connectivity index (χ1n) is 8.21. The molecule has 1 aliphatic carbocycles. The van der Waals surface area contributed by atoms with Gasteiger partial charge in [0.1, 0.15) is 5.75 Å². The molecule has 2 aromatic carbocycles. The Bertz CT molecular complexity index is 738. The van der Waals surface area contributed by atoms with Crippen molar-refractivity contribution in [2.45, 2.75) is 25.3 Å². The van der Waals surface area contributed by atoms with Crippen molar-refractivity contribution in [2.24, 2.45) is 5.92 Å². The summed E-state index contributed by atoms with van der Waals surface area (Å²) in [6.07, 6.45) is 5.76. The van der Waals surface area contributed by atoms with Gasteiger partial charge in [0, 0.05) is 16.6 Å². The molecule has 3 heteroatoms. The first kappa shape index (κ1) is 14.6. The Hall–Kier alpha value is -1.93. The van der Waals surface area contributed by atoms with E-state index in [1.165, 1.54) is 16.8 Å². The van der Waals surface area contributed by atoms with Gasteiger partial charge in [-0.1, -0.05) is 35.9 Å². The minimum Gasteiger partial charge on any atom is -0.494 e. The lowest BCUT2D eigenvalue weighted by Crippen LogP contribution is -2.29. The van der Waals surface area contributed by atoms with Gasteiger partial charge >= 0.3 is 0 Å². The van der Waals surface area contributed by atoms with Crippen LogP contribution >= 0.6 is 11.6 Å². The smallest absolute Gasteiger partial charge is 0.119 e. The average Bonchev–Trinajstić information content (AvgIpc) is 3.05. The van der Waals surface area contributed by atoms with Crippen LogP contribution in [0.5, 0.6) is 5.75 Å². The van der Waals surface area contributed by atoms with Crippen LogP contribution in [0.2, 0.25) is 5.02 Å². The van der Waals surface area contributed by atoms with E-state index in [9.17, 15) is 0 Å². The second-order valence-corrected chi connectivity index (χ2v) is 6.65. The van der Waals surface area contributed by atoms with Crippen molar-refractivity contribution >= 4 is 17.3 Å². The summed E-state index contributed by atoms with van der Waals surface area (Å²) in [5.74, 6) is 1.95. The SMILES string of the molecule is CCOc1ccc2c(c1)[C@H]1C=CC[C@H]1[C@H](c1ccc(Cl)cc1)N2. The molecule has 0 fully saturated rings. The van der Waals surface area contributed by atoms with Crippen molar-refractivity contribution in [3.63, 3.8) is 0 Å². The van der Waals surface area contributed by atoms with Gasteiger partial charge in [0.25, 0.3) is 0 Å². The van der Waals surface area contributed by atoms with Crippen molar-refractivity contribution in [1.29, 1.82) is 0 Å². The summed E-state index contributed by atoms with van der Waals surface area (Å²) in [5, 5.41) is 4.52. The molecule has 0 aromatic heterocycles. The lowest BCUT2D eigenvalue weighted by atomic mass is 9.77. The molecule has 1 heterocycles. The molecule has 0 unspecified atom stereocenters. The van der Waals surface area contributed by atoms with Crippen LogP contribution in [0.3, 0.4) is 0 Å². The van der Waals surface area contributed by atoms with Gasteiger partial charge in [0.2, 0.25) is 0 Å².